The van der Waals surface area contributed by atoms with Crippen LogP contribution in [0, 0.1) is 0 Å². The summed E-state index contributed by atoms with van der Waals surface area (Å²) in [6, 6.07) is 21.6. The summed E-state index contributed by atoms with van der Waals surface area (Å²) in [6.45, 7) is 0. The van der Waals surface area contributed by atoms with Crippen molar-refractivity contribution in [3.05, 3.63) is 60.7 Å². The highest BCUT2D eigenvalue weighted by atomic mass is 32.1. The first-order valence-corrected chi connectivity index (χ1v) is 8.54. The van der Waals surface area contributed by atoms with E-state index in [0.717, 1.165) is 0 Å². The summed E-state index contributed by atoms with van der Waals surface area (Å²) >= 11 is 1.88. The van der Waals surface area contributed by atoms with E-state index < -0.39 is 0 Å². The molecule has 3 heteroatoms. The Kier molecular flexibility index (Phi) is 2.01. The van der Waals surface area contributed by atoms with Gasteiger partial charge < -0.3 is 9.97 Å². The Morgan fingerprint density at radius 1 is 0.522 bits per heavy atom. The molecule has 0 saturated carbocycles. The van der Waals surface area contributed by atoms with Gasteiger partial charge in [-0.15, -0.1) is 11.3 Å². The normalized spacial score (nSPS) is 12.3. The predicted octanol–water partition coefficient (Wildman–Crippen LogP) is 6.17. The highest BCUT2D eigenvalue weighted by molar-refractivity contribution is 7.27. The first-order chi connectivity index (χ1) is 11.4. The lowest BCUT2D eigenvalue weighted by Gasteiger charge is -1.94. The molecule has 0 bridgehead atoms. The molecule has 23 heavy (non-hydrogen) atoms. The fourth-order valence-corrected chi connectivity index (χ4v) is 5.01. The molecule has 0 amide bonds. The molecule has 3 aromatic heterocycles. The number of H-pyrrole nitrogens is 2. The summed E-state index contributed by atoms with van der Waals surface area (Å²) in [7, 11) is 0. The smallest absolute Gasteiger partial charge is 0.0655 e. The van der Waals surface area contributed by atoms with Crippen LogP contribution in [0.25, 0.3) is 53.0 Å². The van der Waals surface area contributed by atoms with Crippen LogP contribution >= 0.6 is 11.3 Å². The number of fused-ring (bicyclic) bond motifs is 9. The van der Waals surface area contributed by atoms with Gasteiger partial charge in [-0.3, -0.25) is 0 Å². The van der Waals surface area contributed by atoms with Crippen molar-refractivity contribution in [3.63, 3.8) is 0 Å². The van der Waals surface area contributed by atoms with Crippen LogP contribution in [0.4, 0.5) is 0 Å². The monoisotopic (exact) mass is 312 g/mol. The van der Waals surface area contributed by atoms with E-state index in [-0.39, 0.29) is 0 Å². The van der Waals surface area contributed by atoms with Crippen LogP contribution in [0.3, 0.4) is 0 Å². The Morgan fingerprint density at radius 2 is 1.09 bits per heavy atom. The van der Waals surface area contributed by atoms with E-state index in [1.165, 1.54) is 53.0 Å². The molecule has 3 aromatic carbocycles. The van der Waals surface area contributed by atoms with Crippen LogP contribution in [0.2, 0.25) is 0 Å². The van der Waals surface area contributed by atoms with Gasteiger partial charge in [0, 0.05) is 32.6 Å². The van der Waals surface area contributed by atoms with Crippen molar-refractivity contribution in [2.45, 2.75) is 0 Å². The molecular weight excluding hydrogens is 300 g/mol. The molecule has 0 atom stereocenters. The van der Waals surface area contributed by atoms with Crippen LogP contribution in [-0.4, -0.2) is 9.97 Å². The molecule has 0 unspecified atom stereocenters. The third-order valence-electron chi connectivity index (χ3n) is 4.77. The second-order valence-electron chi connectivity index (χ2n) is 6.01. The largest absolute Gasteiger partial charge is 0.353 e. The third-order valence-corrected chi connectivity index (χ3v) is 6.02. The van der Waals surface area contributed by atoms with Crippen LogP contribution in [0.15, 0.2) is 60.7 Å². The van der Waals surface area contributed by atoms with Crippen molar-refractivity contribution in [2.75, 3.05) is 0 Å². The Labute approximate surface area is 135 Å². The number of thiophene rings is 1. The van der Waals surface area contributed by atoms with Gasteiger partial charge in [-0.05, 0) is 12.1 Å². The maximum Gasteiger partial charge on any atom is 0.0655 e. The number of aromatic nitrogens is 2. The Hall–Kier alpha value is -2.78. The van der Waals surface area contributed by atoms with Crippen LogP contribution in [0.1, 0.15) is 0 Å². The van der Waals surface area contributed by atoms with Gasteiger partial charge in [0.25, 0.3) is 0 Å². The molecule has 0 saturated heterocycles. The molecule has 108 valence electrons. The van der Waals surface area contributed by atoms with Crippen LogP contribution < -0.4 is 0 Å². The van der Waals surface area contributed by atoms with Crippen molar-refractivity contribution in [1.82, 2.24) is 9.97 Å². The van der Waals surface area contributed by atoms with Gasteiger partial charge in [0.1, 0.15) is 0 Å². The molecule has 2 N–H and O–H groups in total. The maximum absolute atomic E-state index is 3.62. The highest BCUT2D eigenvalue weighted by Crippen LogP contribution is 2.42. The number of hydrogen-bond donors (Lipinski definition) is 2. The second kappa shape index (κ2) is 3.94. The summed E-state index contributed by atoms with van der Waals surface area (Å²) in [5.41, 5.74) is 4.93. The molecule has 0 spiro atoms. The topological polar surface area (TPSA) is 31.6 Å². The molecule has 0 aliphatic carbocycles. The summed E-state index contributed by atoms with van der Waals surface area (Å²) in [4.78, 5) is 7.21. The highest BCUT2D eigenvalue weighted by Gasteiger charge is 2.15. The number of benzene rings is 3. The molecule has 0 radical (unpaired) electrons. The van der Waals surface area contributed by atoms with E-state index in [9.17, 15) is 0 Å². The van der Waals surface area contributed by atoms with Gasteiger partial charge in [0.15, 0.2) is 0 Å². The lowest BCUT2D eigenvalue weighted by atomic mass is 10.1. The summed E-state index contributed by atoms with van der Waals surface area (Å²) < 4.78 is 2.69. The van der Waals surface area contributed by atoms with Gasteiger partial charge in [-0.25, -0.2) is 0 Å². The third kappa shape index (κ3) is 1.38. The predicted molar refractivity (Wildman–Crippen MR) is 101 cm³/mol. The minimum absolute atomic E-state index is 1.21. The van der Waals surface area contributed by atoms with Crippen LogP contribution in [0.5, 0.6) is 0 Å². The molecule has 6 rings (SSSR count). The number of aromatic amines is 2. The first kappa shape index (κ1) is 11.7. The van der Waals surface area contributed by atoms with Crippen molar-refractivity contribution in [2.24, 2.45) is 0 Å². The van der Waals surface area contributed by atoms with Gasteiger partial charge in [-0.1, -0.05) is 48.5 Å². The average molecular weight is 312 g/mol. The van der Waals surface area contributed by atoms with E-state index in [0.29, 0.717) is 0 Å². The fraction of sp³-hybridized carbons (Fsp3) is 0. The zero-order valence-corrected chi connectivity index (χ0v) is 13.0. The molecule has 6 aromatic rings. The molecule has 3 heterocycles. The number of hydrogen-bond acceptors (Lipinski definition) is 1. The van der Waals surface area contributed by atoms with E-state index in [4.69, 9.17) is 0 Å². The fourth-order valence-electron chi connectivity index (χ4n) is 3.71. The van der Waals surface area contributed by atoms with Crippen molar-refractivity contribution in [3.8, 4) is 0 Å². The van der Waals surface area contributed by atoms with Gasteiger partial charge in [0.05, 0.1) is 20.4 Å². The zero-order chi connectivity index (χ0) is 15.0. The number of rotatable bonds is 0. The Morgan fingerprint density at radius 3 is 1.91 bits per heavy atom. The van der Waals surface area contributed by atoms with Crippen molar-refractivity contribution >= 4 is 64.3 Å². The Bertz CT molecular complexity index is 1360. The molecule has 0 fully saturated rings. The maximum atomic E-state index is 3.62. The summed E-state index contributed by atoms with van der Waals surface area (Å²) in [6.07, 6.45) is 0. The second-order valence-corrected chi connectivity index (χ2v) is 7.03. The molecule has 0 aliphatic rings. The van der Waals surface area contributed by atoms with E-state index in [1.54, 1.807) is 0 Å². The molecule has 2 nitrogen and oxygen atoms in total. The lowest BCUT2D eigenvalue weighted by Crippen LogP contribution is -1.71. The minimum atomic E-state index is 1.21. The van der Waals surface area contributed by atoms with Crippen molar-refractivity contribution in [1.29, 1.82) is 0 Å². The average Bonchev–Trinajstić information content (AvgIpc) is 3.23. The SMILES string of the molecule is c1ccc2c(c1)[nH]c1c2ccc2c3[nH]c4ccccc4c3sc21. The number of para-hydroxylation sites is 2. The van der Waals surface area contributed by atoms with Gasteiger partial charge in [0.2, 0.25) is 0 Å². The van der Waals surface area contributed by atoms with E-state index >= 15 is 0 Å². The van der Waals surface area contributed by atoms with E-state index in [2.05, 4.69) is 70.6 Å². The minimum Gasteiger partial charge on any atom is -0.353 e. The van der Waals surface area contributed by atoms with Gasteiger partial charge >= 0.3 is 0 Å². The quantitative estimate of drug-likeness (QED) is 0.336. The standard InChI is InChI=1S/C20H12N2S/c1-3-7-15-11(5-1)12-9-10-14-18-19(23-20(14)17(12)21-15)13-6-2-4-8-16(13)22-18/h1-10,21-22H. The van der Waals surface area contributed by atoms with Crippen LogP contribution in [-0.2, 0) is 0 Å². The Balaban J connectivity index is 1.88. The zero-order valence-electron chi connectivity index (χ0n) is 12.2. The summed E-state index contributed by atoms with van der Waals surface area (Å²) in [5.74, 6) is 0. The molecular formula is C20H12N2S. The van der Waals surface area contributed by atoms with E-state index in [1.807, 2.05) is 11.3 Å². The van der Waals surface area contributed by atoms with Crippen molar-refractivity contribution < 1.29 is 0 Å². The lowest BCUT2D eigenvalue weighted by molar-refractivity contribution is 1.56. The molecule has 0 aliphatic heterocycles. The number of nitrogens with one attached hydrogen (secondary N) is 2. The first-order valence-electron chi connectivity index (χ1n) is 7.72. The summed E-state index contributed by atoms with van der Waals surface area (Å²) in [5, 5.41) is 5.22. The van der Waals surface area contributed by atoms with Gasteiger partial charge in [-0.2, -0.15) is 0 Å².